The van der Waals surface area contributed by atoms with E-state index >= 15 is 0 Å². The Hall–Kier alpha value is -6.37. The zero-order chi connectivity index (χ0) is 30.6. The fraction of sp³-hybridized carbons (Fsp3) is 0. The van der Waals surface area contributed by atoms with Crippen LogP contribution in [0.1, 0.15) is 5.56 Å². The maximum atomic E-state index is 9.92. The average molecular weight is 584 g/mol. The van der Waals surface area contributed by atoms with Gasteiger partial charge in [-0.2, -0.15) is 5.26 Å². The van der Waals surface area contributed by atoms with Crippen LogP contribution in [0.15, 0.2) is 152 Å². The van der Waals surface area contributed by atoms with Gasteiger partial charge in [0.15, 0.2) is 5.82 Å². The number of nitriles is 1. The highest BCUT2D eigenvalue weighted by atomic mass is 14.9. The lowest BCUT2D eigenvalue weighted by molar-refractivity contribution is 1.19. The van der Waals surface area contributed by atoms with Gasteiger partial charge in [-0.1, -0.05) is 133 Å². The quantitative estimate of drug-likeness (QED) is 0.207. The van der Waals surface area contributed by atoms with Crippen LogP contribution in [0.3, 0.4) is 0 Å². The molecule has 7 aromatic carbocycles. The van der Waals surface area contributed by atoms with Gasteiger partial charge in [0.05, 0.1) is 23.0 Å². The van der Waals surface area contributed by atoms with Gasteiger partial charge in [0.2, 0.25) is 0 Å². The minimum Gasteiger partial charge on any atom is -0.228 e. The van der Waals surface area contributed by atoms with Gasteiger partial charge in [0.1, 0.15) is 0 Å². The molecule has 0 saturated carbocycles. The van der Waals surface area contributed by atoms with Gasteiger partial charge in [-0.15, -0.1) is 0 Å². The van der Waals surface area contributed by atoms with Crippen LogP contribution < -0.4 is 0 Å². The number of hydrogen-bond donors (Lipinski definition) is 0. The van der Waals surface area contributed by atoms with E-state index in [1.807, 2.05) is 54.6 Å². The van der Waals surface area contributed by atoms with Gasteiger partial charge in [-0.25, -0.2) is 9.97 Å². The zero-order valence-corrected chi connectivity index (χ0v) is 24.8. The molecule has 0 radical (unpaired) electrons. The molecule has 1 aromatic heterocycles. The second-order valence-corrected chi connectivity index (χ2v) is 11.6. The number of nitrogens with zero attached hydrogens (tertiary/aromatic N) is 3. The van der Waals surface area contributed by atoms with Crippen LogP contribution in [0, 0.1) is 11.3 Å². The summed E-state index contributed by atoms with van der Waals surface area (Å²) >= 11 is 0. The number of benzene rings is 7. The normalized spacial score (nSPS) is 11.5. The summed E-state index contributed by atoms with van der Waals surface area (Å²) < 4.78 is 0. The molecule has 1 aliphatic carbocycles. The van der Waals surface area contributed by atoms with Crippen molar-refractivity contribution in [2.45, 2.75) is 0 Å². The van der Waals surface area contributed by atoms with Crippen molar-refractivity contribution >= 4 is 21.5 Å². The van der Waals surface area contributed by atoms with Gasteiger partial charge < -0.3 is 0 Å². The monoisotopic (exact) mass is 583 g/mol. The number of aromatic nitrogens is 2. The summed E-state index contributed by atoms with van der Waals surface area (Å²) in [6.45, 7) is 0. The highest BCUT2D eigenvalue weighted by molar-refractivity contribution is 6.23. The van der Waals surface area contributed by atoms with Gasteiger partial charge in [-0.3, -0.25) is 0 Å². The van der Waals surface area contributed by atoms with Crippen LogP contribution in [-0.4, -0.2) is 9.97 Å². The minimum absolute atomic E-state index is 0.671. The molecule has 0 fully saturated rings. The van der Waals surface area contributed by atoms with E-state index in [9.17, 15) is 5.26 Å². The smallest absolute Gasteiger partial charge is 0.161 e. The summed E-state index contributed by atoms with van der Waals surface area (Å²) in [5, 5.41) is 14.2. The summed E-state index contributed by atoms with van der Waals surface area (Å²) in [6.07, 6.45) is 0. The van der Waals surface area contributed by atoms with E-state index in [1.54, 1.807) is 0 Å². The summed E-state index contributed by atoms with van der Waals surface area (Å²) in [5.74, 6) is 0.680. The second-order valence-electron chi connectivity index (χ2n) is 11.6. The molecule has 0 atom stereocenters. The molecule has 0 spiro atoms. The van der Waals surface area contributed by atoms with Crippen molar-refractivity contribution in [2.24, 2.45) is 0 Å². The van der Waals surface area contributed by atoms with Gasteiger partial charge in [-0.05, 0) is 62.4 Å². The summed E-state index contributed by atoms with van der Waals surface area (Å²) in [4.78, 5) is 10.5. The first-order chi connectivity index (χ1) is 22.8. The Balaban J connectivity index is 1.40. The van der Waals surface area contributed by atoms with Crippen LogP contribution in [0.4, 0.5) is 0 Å². The second kappa shape index (κ2) is 10.4. The Morgan fingerprint density at radius 1 is 0.391 bits per heavy atom. The zero-order valence-electron chi connectivity index (χ0n) is 24.8. The third kappa shape index (κ3) is 3.98. The van der Waals surface area contributed by atoms with Gasteiger partial charge >= 0.3 is 0 Å². The van der Waals surface area contributed by atoms with Crippen LogP contribution in [0.2, 0.25) is 0 Å². The Kier molecular flexibility index (Phi) is 5.88. The molecule has 46 heavy (non-hydrogen) atoms. The van der Waals surface area contributed by atoms with Crippen molar-refractivity contribution in [1.82, 2.24) is 9.97 Å². The van der Waals surface area contributed by atoms with E-state index < -0.39 is 0 Å². The molecule has 0 amide bonds. The molecule has 8 aromatic rings. The number of rotatable bonds is 4. The topological polar surface area (TPSA) is 49.6 Å². The summed E-state index contributed by atoms with van der Waals surface area (Å²) in [6, 6.07) is 54.9. The molecule has 3 heteroatoms. The lowest BCUT2D eigenvalue weighted by atomic mass is 9.88. The predicted octanol–water partition coefficient (Wildman–Crippen LogP) is 11.0. The van der Waals surface area contributed by atoms with E-state index in [1.165, 1.54) is 27.6 Å². The summed E-state index contributed by atoms with van der Waals surface area (Å²) in [5.41, 5.74) is 12.6. The third-order valence-electron chi connectivity index (χ3n) is 9.11. The fourth-order valence-corrected chi connectivity index (χ4v) is 7.03. The highest BCUT2D eigenvalue weighted by Gasteiger charge is 2.26. The van der Waals surface area contributed by atoms with Crippen LogP contribution in [0.25, 0.3) is 88.8 Å². The molecule has 9 rings (SSSR count). The lowest BCUT2D eigenvalue weighted by Gasteiger charge is -2.17. The van der Waals surface area contributed by atoms with Gasteiger partial charge in [0.25, 0.3) is 0 Å². The van der Waals surface area contributed by atoms with E-state index in [0.717, 1.165) is 55.4 Å². The first kappa shape index (κ1) is 26.1. The standard InChI is InChI=1S/C43H25N3/c44-26-29-15-9-19-31-30(29)18-10-20-34(31)37-22-21-35-32-16-7-8-17-33(32)36-23-24-38(42(37)41(35)36)43-45-39(27-11-3-1-4-12-27)25-40(46-43)28-13-5-2-6-14-28/h1-25H. The molecule has 1 aliphatic rings. The molecule has 0 bridgehead atoms. The molecule has 0 unspecified atom stereocenters. The number of hydrogen-bond acceptors (Lipinski definition) is 3. The van der Waals surface area contributed by atoms with E-state index in [0.29, 0.717) is 11.4 Å². The number of fused-ring (bicyclic) bond motifs is 4. The van der Waals surface area contributed by atoms with Gasteiger partial charge in [0, 0.05) is 27.5 Å². The predicted molar refractivity (Wildman–Crippen MR) is 188 cm³/mol. The molecule has 1 heterocycles. The Bertz CT molecular complexity index is 2440. The molecule has 212 valence electrons. The largest absolute Gasteiger partial charge is 0.228 e. The van der Waals surface area contributed by atoms with E-state index in [2.05, 4.69) is 103 Å². The Morgan fingerprint density at radius 3 is 1.48 bits per heavy atom. The molecular weight excluding hydrogens is 558 g/mol. The van der Waals surface area contributed by atoms with E-state index in [-0.39, 0.29) is 0 Å². The maximum Gasteiger partial charge on any atom is 0.161 e. The molecule has 0 aliphatic heterocycles. The fourth-order valence-electron chi connectivity index (χ4n) is 7.03. The molecule has 0 saturated heterocycles. The van der Waals surface area contributed by atoms with Crippen molar-refractivity contribution in [2.75, 3.05) is 0 Å². The molecule has 0 N–H and O–H groups in total. The minimum atomic E-state index is 0.671. The van der Waals surface area contributed by atoms with Crippen molar-refractivity contribution in [3.8, 4) is 73.4 Å². The Morgan fingerprint density at radius 2 is 0.870 bits per heavy atom. The summed E-state index contributed by atoms with van der Waals surface area (Å²) in [7, 11) is 0. The van der Waals surface area contributed by atoms with Crippen molar-refractivity contribution < 1.29 is 0 Å². The Labute approximate surface area is 266 Å². The van der Waals surface area contributed by atoms with Crippen molar-refractivity contribution in [3.63, 3.8) is 0 Å². The average Bonchev–Trinajstić information content (AvgIpc) is 3.46. The van der Waals surface area contributed by atoms with Crippen molar-refractivity contribution in [3.05, 3.63) is 157 Å². The maximum absolute atomic E-state index is 9.92. The highest BCUT2D eigenvalue weighted by Crippen LogP contribution is 2.52. The first-order valence-corrected chi connectivity index (χ1v) is 15.4. The SMILES string of the molecule is N#Cc1cccc2c(-c3ccc4c5c(ccc(-c6nc(-c7ccccc7)cc(-c7ccccc7)n6)c35)-c3ccccc3-4)cccc12. The van der Waals surface area contributed by atoms with Crippen LogP contribution >= 0.6 is 0 Å². The van der Waals surface area contributed by atoms with E-state index in [4.69, 9.17) is 9.97 Å². The third-order valence-corrected chi connectivity index (χ3v) is 9.11. The van der Waals surface area contributed by atoms with Crippen LogP contribution in [-0.2, 0) is 0 Å². The first-order valence-electron chi connectivity index (χ1n) is 15.4. The van der Waals surface area contributed by atoms with Crippen LogP contribution in [0.5, 0.6) is 0 Å². The lowest BCUT2D eigenvalue weighted by Crippen LogP contribution is -1.98. The van der Waals surface area contributed by atoms with Crippen molar-refractivity contribution in [1.29, 1.82) is 5.26 Å². The molecular formula is C43H25N3. The molecule has 3 nitrogen and oxygen atoms in total.